The third-order valence-corrected chi connectivity index (χ3v) is 2.41. The molecule has 15 heavy (non-hydrogen) atoms. The second-order valence-corrected chi connectivity index (χ2v) is 3.23. The van der Waals surface area contributed by atoms with Gasteiger partial charge in [-0.15, -0.1) is 0 Å². The fraction of sp³-hybridized carbons (Fsp3) is 0.286. The van der Waals surface area contributed by atoms with Crippen LogP contribution in [0.15, 0.2) is 36.4 Å². The van der Waals surface area contributed by atoms with E-state index in [-0.39, 0.29) is 0 Å². The van der Waals surface area contributed by atoms with Crippen LogP contribution < -0.4 is 5.32 Å². The van der Waals surface area contributed by atoms with Crippen LogP contribution in [0.2, 0.25) is 0 Å². The van der Waals surface area contributed by atoms with Gasteiger partial charge in [-0.05, 0) is 23.9 Å². The van der Waals surface area contributed by atoms with Crippen molar-refractivity contribution in [3.8, 4) is 0 Å². The normalized spacial score (nSPS) is 9.33. The molecule has 0 bridgehead atoms. The van der Waals surface area contributed by atoms with Gasteiger partial charge in [0.15, 0.2) is 0 Å². The van der Waals surface area contributed by atoms with Crippen molar-refractivity contribution in [2.24, 2.45) is 0 Å². The van der Waals surface area contributed by atoms with Crippen molar-refractivity contribution >= 4 is 16.5 Å². The summed E-state index contributed by atoms with van der Waals surface area (Å²) in [5.74, 6) is 0. The summed E-state index contributed by atoms with van der Waals surface area (Å²) in [5.41, 5.74) is 2.52. The first-order chi connectivity index (χ1) is 7.33. The largest absolute Gasteiger partial charge is 0.388 e. The summed E-state index contributed by atoms with van der Waals surface area (Å²) in [6.45, 7) is 6.14. The van der Waals surface area contributed by atoms with Crippen LogP contribution >= 0.6 is 0 Å². The lowest BCUT2D eigenvalue weighted by Crippen LogP contribution is -1.89. The van der Waals surface area contributed by atoms with Gasteiger partial charge in [-0.2, -0.15) is 0 Å². The zero-order valence-electron chi connectivity index (χ0n) is 9.96. The molecule has 0 aromatic heterocycles. The van der Waals surface area contributed by atoms with Crippen LogP contribution in [-0.2, 0) is 0 Å². The van der Waals surface area contributed by atoms with Crippen molar-refractivity contribution in [3.63, 3.8) is 0 Å². The van der Waals surface area contributed by atoms with Crippen LogP contribution in [0.25, 0.3) is 10.8 Å². The number of benzene rings is 2. The maximum Gasteiger partial charge on any atom is 0.0417 e. The van der Waals surface area contributed by atoms with Gasteiger partial charge in [-0.3, -0.25) is 0 Å². The molecule has 0 saturated carbocycles. The van der Waals surface area contributed by atoms with E-state index in [1.807, 2.05) is 20.9 Å². The van der Waals surface area contributed by atoms with E-state index in [2.05, 4.69) is 48.6 Å². The zero-order valence-corrected chi connectivity index (χ0v) is 9.96. The van der Waals surface area contributed by atoms with Gasteiger partial charge in [0, 0.05) is 18.1 Å². The van der Waals surface area contributed by atoms with Gasteiger partial charge in [0.1, 0.15) is 0 Å². The quantitative estimate of drug-likeness (QED) is 0.728. The molecule has 0 spiro atoms. The molecule has 2 aromatic rings. The van der Waals surface area contributed by atoms with E-state index in [4.69, 9.17) is 0 Å². The Kier molecular flexibility index (Phi) is 4.17. The molecule has 0 heterocycles. The minimum atomic E-state index is 1.20. The summed E-state index contributed by atoms with van der Waals surface area (Å²) in [7, 11) is 1.96. The van der Waals surface area contributed by atoms with Crippen molar-refractivity contribution in [2.75, 3.05) is 12.4 Å². The molecule has 80 valence electrons. The molecule has 0 atom stereocenters. The smallest absolute Gasteiger partial charge is 0.0417 e. The van der Waals surface area contributed by atoms with Crippen molar-refractivity contribution in [1.82, 2.24) is 0 Å². The Hall–Kier alpha value is -1.50. The molecule has 1 heteroatoms. The second-order valence-electron chi connectivity index (χ2n) is 3.23. The Bertz CT molecular complexity index is 432. The minimum Gasteiger partial charge on any atom is -0.388 e. The van der Waals surface area contributed by atoms with E-state index in [1.54, 1.807) is 0 Å². The number of hydrogen-bond acceptors (Lipinski definition) is 1. The summed E-state index contributed by atoms with van der Waals surface area (Å²) in [6, 6.07) is 12.7. The highest BCUT2D eigenvalue weighted by atomic mass is 14.8. The van der Waals surface area contributed by atoms with Crippen molar-refractivity contribution in [2.45, 2.75) is 20.8 Å². The van der Waals surface area contributed by atoms with Gasteiger partial charge in [-0.1, -0.05) is 44.2 Å². The Labute approximate surface area is 92.1 Å². The third-order valence-electron chi connectivity index (χ3n) is 2.41. The van der Waals surface area contributed by atoms with Crippen LogP contribution in [0.5, 0.6) is 0 Å². The fourth-order valence-electron chi connectivity index (χ4n) is 1.69. The molecule has 0 saturated heterocycles. The topological polar surface area (TPSA) is 12.0 Å². The Morgan fingerprint density at radius 1 is 0.867 bits per heavy atom. The molecule has 0 unspecified atom stereocenters. The van der Waals surface area contributed by atoms with Gasteiger partial charge in [0.25, 0.3) is 0 Å². The summed E-state index contributed by atoms with van der Waals surface area (Å²) >= 11 is 0. The molecular weight excluding hydrogens is 182 g/mol. The highest BCUT2D eigenvalue weighted by Crippen LogP contribution is 2.24. The summed E-state index contributed by atoms with van der Waals surface area (Å²) in [5, 5.41) is 5.82. The fourth-order valence-corrected chi connectivity index (χ4v) is 1.69. The number of nitrogens with one attached hydrogen (secondary N) is 1. The van der Waals surface area contributed by atoms with Crippen molar-refractivity contribution in [1.29, 1.82) is 0 Å². The summed E-state index contributed by atoms with van der Waals surface area (Å²) in [6.07, 6.45) is 0. The number of hydrogen-bond donors (Lipinski definition) is 1. The lowest BCUT2D eigenvalue weighted by atomic mass is 10.0. The molecule has 2 rings (SSSR count). The first kappa shape index (κ1) is 11.6. The maximum atomic E-state index is 3.20. The van der Waals surface area contributed by atoms with Crippen LogP contribution in [-0.4, -0.2) is 7.05 Å². The SMILES string of the molecule is CC.CNc1cccc2c(C)cccc12. The Balaban J connectivity index is 0.000000531. The molecule has 0 aliphatic heterocycles. The molecule has 0 radical (unpaired) electrons. The molecule has 0 aliphatic rings. The lowest BCUT2D eigenvalue weighted by molar-refractivity contribution is 1.50. The predicted octanol–water partition coefficient (Wildman–Crippen LogP) is 4.22. The average molecular weight is 201 g/mol. The van der Waals surface area contributed by atoms with E-state index in [1.165, 1.54) is 22.0 Å². The molecule has 1 N–H and O–H groups in total. The van der Waals surface area contributed by atoms with E-state index in [0.29, 0.717) is 0 Å². The van der Waals surface area contributed by atoms with Gasteiger partial charge in [0.2, 0.25) is 0 Å². The highest BCUT2D eigenvalue weighted by Gasteiger charge is 1.99. The van der Waals surface area contributed by atoms with Gasteiger partial charge in [0.05, 0.1) is 0 Å². The number of anilines is 1. The maximum absolute atomic E-state index is 3.20. The highest BCUT2D eigenvalue weighted by molar-refractivity contribution is 5.95. The lowest BCUT2D eigenvalue weighted by Gasteiger charge is -2.06. The first-order valence-electron chi connectivity index (χ1n) is 5.49. The standard InChI is InChI=1S/C12H13N.C2H6/c1-9-5-3-7-11-10(9)6-4-8-12(11)13-2;1-2/h3-8,13H,1-2H3;1-2H3. The van der Waals surface area contributed by atoms with E-state index < -0.39 is 0 Å². The predicted molar refractivity (Wildman–Crippen MR) is 69.6 cm³/mol. The molecule has 0 amide bonds. The van der Waals surface area contributed by atoms with Crippen LogP contribution in [0, 0.1) is 6.92 Å². The average Bonchev–Trinajstić information content (AvgIpc) is 2.32. The summed E-state index contributed by atoms with van der Waals surface area (Å²) in [4.78, 5) is 0. The summed E-state index contributed by atoms with van der Waals surface area (Å²) < 4.78 is 0. The molecule has 0 aliphatic carbocycles. The minimum absolute atomic E-state index is 1.20. The second kappa shape index (κ2) is 5.40. The monoisotopic (exact) mass is 201 g/mol. The Morgan fingerprint density at radius 2 is 1.47 bits per heavy atom. The number of fused-ring (bicyclic) bond motifs is 1. The van der Waals surface area contributed by atoms with Crippen LogP contribution in [0.1, 0.15) is 19.4 Å². The Morgan fingerprint density at radius 3 is 2.13 bits per heavy atom. The van der Waals surface area contributed by atoms with Crippen LogP contribution in [0.3, 0.4) is 0 Å². The van der Waals surface area contributed by atoms with Gasteiger partial charge < -0.3 is 5.32 Å². The van der Waals surface area contributed by atoms with Gasteiger partial charge >= 0.3 is 0 Å². The molecular formula is C14H19N. The van der Waals surface area contributed by atoms with E-state index in [0.717, 1.165) is 0 Å². The molecule has 0 fully saturated rings. The number of rotatable bonds is 1. The van der Waals surface area contributed by atoms with Crippen LogP contribution in [0.4, 0.5) is 5.69 Å². The zero-order chi connectivity index (χ0) is 11.3. The first-order valence-corrected chi connectivity index (χ1v) is 5.49. The molecule has 1 nitrogen and oxygen atoms in total. The number of aryl methyl sites for hydroxylation is 1. The third kappa shape index (κ3) is 2.30. The van der Waals surface area contributed by atoms with Crippen molar-refractivity contribution < 1.29 is 0 Å². The van der Waals surface area contributed by atoms with E-state index >= 15 is 0 Å². The van der Waals surface area contributed by atoms with Gasteiger partial charge in [-0.25, -0.2) is 0 Å². The van der Waals surface area contributed by atoms with Crippen molar-refractivity contribution in [3.05, 3.63) is 42.0 Å². The molecule has 2 aromatic carbocycles. The van der Waals surface area contributed by atoms with E-state index in [9.17, 15) is 0 Å².